The largest absolute Gasteiger partial charge is 0.504 e. The van der Waals surface area contributed by atoms with Crippen LogP contribution < -0.4 is 10.1 Å². The number of benzene rings is 2. The Morgan fingerprint density at radius 3 is 2.75 bits per heavy atom. The predicted octanol–water partition coefficient (Wildman–Crippen LogP) is 4.90. The molecule has 0 spiro atoms. The summed E-state index contributed by atoms with van der Waals surface area (Å²) < 4.78 is 30.1. The number of amides is 2. The number of halogens is 1. The van der Waals surface area contributed by atoms with E-state index in [9.17, 15) is 14.3 Å². The first-order valence-electron chi connectivity index (χ1n) is 11.7. The molecule has 36 heavy (non-hydrogen) atoms. The van der Waals surface area contributed by atoms with Crippen LogP contribution in [0.15, 0.2) is 52.7 Å². The summed E-state index contributed by atoms with van der Waals surface area (Å²) in [5, 5.41) is 17.4. The Bertz CT molecular complexity index is 1270. The third-order valence-electron chi connectivity index (χ3n) is 5.85. The Morgan fingerprint density at radius 1 is 1.25 bits per heavy atom. The summed E-state index contributed by atoms with van der Waals surface area (Å²) in [5.74, 6) is 0.215. The number of hydrogen-bond donors (Lipinski definition) is 2. The zero-order valence-electron chi connectivity index (χ0n) is 20.6. The molecule has 0 fully saturated rings. The lowest BCUT2D eigenvalue weighted by atomic mass is 9.94. The monoisotopic (exact) mass is 496 g/mol. The van der Waals surface area contributed by atoms with Crippen LogP contribution in [0.2, 0.25) is 0 Å². The van der Waals surface area contributed by atoms with Crippen molar-refractivity contribution in [1.82, 2.24) is 20.4 Å². The van der Waals surface area contributed by atoms with Gasteiger partial charge in [-0.15, -0.1) is 0 Å². The van der Waals surface area contributed by atoms with E-state index in [0.29, 0.717) is 47.7 Å². The van der Waals surface area contributed by atoms with E-state index in [2.05, 4.69) is 15.5 Å². The van der Waals surface area contributed by atoms with Crippen molar-refractivity contribution in [2.75, 3.05) is 20.3 Å². The van der Waals surface area contributed by atoms with E-state index in [1.165, 1.54) is 25.3 Å². The minimum atomic E-state index is -0.682. The van der Waals surface area contributed by atoms with Gasteiger partial charge in [-0.2, -0.15) is 4.98 Å². The van der Waals surface area contributed by atoms with Crippen molar-refractivity contribution < 1.29 is 28.3 Å². The summed E-state index contributed by atoms with van der Waals surface area (Å²) in [5.41, 5.74) is 2.26. The number of ether oxygens (including phenoxy) is 2. The highest BCUT2D eigenvalue weighted by atomic mass is 19.1. The molecule has 1 aliphatic heterocycles. The van der Waals surface area contributed by atoms with Gasteiger partial charge in [0.1, 0.15) is 5.82 Å². The van der Waals surface area contributed by atoms with E-state index in [0.717, 1.165) is 0 Å². The van der Waals surface area contributed by atoms with E-state index in [-0.39, 0.29) is 29.6 Å². The maximum Gasteiger partial charge on any atom is 0.322 e. The summed E-state index contributed by atoms with van der Waals surface area (Å²) in [6.07, 6.45) is 0.724. The maximum absolute atomic E-state index is 13.8. The van der Waals surface area contributed by atoms with Crippen LogP contribution in [0.1, 0.15) is 44.7 Å². The third-order valence-corrected chi connectivity index (χ3v) is 5.85. The molecular weight excluding hydrogens is 467 g/mol. The molecule has 10 heteroatoms. The van der Waals surface area contributed by atoms with Gasteiger partial charge in [-0.1, -0.05) is 23.4 Å². The Morgan fingerprint density at radius 2 is 2.06 bits per heavy atom. The number of aromatic hydroxyl groups is 1. The van der Waals surface area contributed by atoms with Gasteiger partial charge in [0.2, 0.25) is 5.82 Å². The van der Waals surface area contributed by atoms with Gasteiger partial charge in [-0.25, -0.2) is 9.18 Å². The topological polar surface area (TPSA) is 110 Å². The molecule has 9 nitrogen and oxygen atoms in total. The molecule has 0 aliphatic carbocycles. The van der Waals surface area contributed by atoms with Crippen molar-refractivity contribution in [3.05, 3.63) is 65.4 Å². The number of allylic oxidation sites excluding steroid dienone is 1. The number of phenols is 1. The van der Waals surface area contributed by atoms with Crippen molar-refractivity contribution in [3.63, 3.8) is 0 Å². The summed E-state index contributed by atoms with van der Waals surface area (Å²) in [7, 11) is 1.46. The van der Waals surface area contributed by atoms with Crippen LogP contribution in [0.5, 0.6) is 11.5 Å². The number of nitrogens with zero attached hydrogens (tertiary/aromatic N) is 3. The molecular formula is C26H29FN4O5. The van der Waals surface area contributed by atoms with Crippen molar-refractivity contribution in [3.8, 4) is 22.9 Å². The van der Waals surface area contributed by atoms with E-state index in [4.69, 9.17) is 14.0 Å². The van der Waals surface area contributed by atoms with Gasteiger partial charge in [0.25, 0.3) is 5.89 Å². The second-order valence-electron chi connectivity index (χ2n) is 8.67. The number of rotatable bonds is 9. The molecule has 1 unspecified atom stereocenters. The molecule has 190 valence electrons. The minimum Gasteiger partial charge on any atom is -0.504 e. The number of carbonyl (C=O) groups excluding carboxylic acids is 1. The number of carbonyl (C=O) groups is 1. The smallest absolute Gasteiger partial charge is 0.322 e. The molecule has 0 radical (unpaired) electrons. The van der Waals surface area contributed by atoms with Crippen molar-refractivity contribution in [2.24, 2.45) is 0 Å². The van der Waals surface area contributed by atoms with Crippen LogP contribution in [0.4, 0.5) is 9.18 Å². The highest BCUT2D eigenvalue weighted by Crippen LogP contribution is 2.39. The van der Waals surface area contributed by atoms with E-state index in [1.54, 1.807) is 36.1 Å². The van der Waals surface area contributed by atoms with Gasteiger partial charge in [-0.05, 0) is 57.0 Å². The molecule has 0 saturated heterocycles. The van der Waals surface area contributed by atoms with Crippen LogP contribution in [-0.2, 0) is 4.74 Å². The quantitative estimate of drug-likeness (QED) is 0.405. The average molecular weight is 497 g/mol. The molecule has 1 aromatic heterocycles. The molecule has 4 rings (SSSR count). The Balaban J connectivity index is 1.74. The lowest BCUT2D eigenvalue weighted by Gasteiger charge is -2.35. The summed E-state index contributed by atoms with van der Waals surface area (Å²) in [4.78, 5) is 19.2. The van der Waals surface area contributed by atoms with Gasteiger partial charge in [0.15, 0.2) is 11.5 Å². The fourth-order valence-corrected chi connectivity index (χ4v) is 4.08. The standard InChI is InChI=1S/C26H29FN4O5/c1-15(2)35-12-6-11-31-16(3)22(25-29-24(30-36-25)18-7-5-8-19(27)13-18)23(28-26(31)33)17-9-10-21(34-4)20(32)14-17/h5,7-10,13-15,23,32H,6,11-12H2,1-4H3,(H,28,33). The second kappa shape index (κ2) is 10.8. The number of phenolic OH excluding ortho intramolecular Hbond substituents is 1. The van der Waals surface area contributed by atoms with Crippen molar-refractivity contribution in [2.45, 2.75) is 39.3 Å². The highest BCUT2D eigenvalue weighted by Gasteiger charge is 2.36. The molecule has 3 aromatic rings. The molecule has 1 atom stereocenters. The summed E-state index contributed by atoms with van der Waals surface area (Å²) >= 11 is 0. The van der Waals surface area contributed by atoms with Crippen molar-refractivity contribution in [1.29, 1.82) is 0 Å². The lowest BCUT2D eigenvalue weighted by Crippen LogP contribution is -2.46. The number of methoxy groups -OCH3 is 1. The van der Waals surface area contributed by atoms with Crippen LogP contribution >= 0.6 is 0 Å². The van der Waals surface area contributed by atoms with Crippen LogP contribution in [0, 0.1) is 5.82 Å². The number of nitrogens with one attached hydrogen (secondary N) is 1. The first-order valence-corrected chi connectivity index (χ1v) is 11.7. The molecule has 0 saturated carbocycles. The minimum absolute atomic E-state index is 0.0690. The summed E-state index contributed by atoms with van der Waals surface area (Å²) in [6, 6.07) is 9.80. The maximum atomic E-state index is 13.8. The Labute approximate surface area is 208 Å². The Hall–Kier alpha value is -3.92. The first-order chi connectivity index (χ1) is 17.3. The first kappa shape index (κ1) is 25.2. The van der Waals surface area contributed by atoms with E-state index < -0.39 is 11.9 Å². The third kappa shape index (κ3) is 5.33. The molecule has 1 aliphatic rings. The molecule has 2 aromatic carbocycles. The zero-order valence-corrected chi connectivity index (χ0v) is 20.6. The van der Waals surface area contributed by atoms with Gasteiger partial charge in [-0.3, -0.25) is 4.90 Å². The normalized spacial score (nSPS) is 16.0. The zero-order chi connectivity index (χ0) is 25.8. The molecule has 2 amide bonds. The fraction of sp³-hybridized carbons (Fsp3) is 0.346. The average Bonchev–Trinajstić information content (AvgIpc) is 3.32. The fourth-order valence-electron chi connectivity index (χ4n) is 4.08. The van der Waals surface area contributed by atoms with E-state index in [1.807, 2.05) is 13.8 Å². The lowest BCUT2D eigenvalue weighted by molar-refractivity contribution is 0.0736. The van der Waals surface area contributed by atoms with Crippen LogP contribution in [-0.4, -0.2) is 52.5 Å². The molecule has 2 heterocycles. The van der Waals surface area contributed by atoms with E-state index >= 15 is 0 Å². The number of aromatic nitrogens is 2. The van der Waals surface area contributed by atoms with Crippen LogP contribution in [0.3, 0.4) is 0 Å². The second-order valence-corrected chi connectivity index (χ2v) is 8.67. The van der Waals surface area contributed by atoms with Crippen LogP contribution in [0.25, 0.3) is 17.0 Å². The molecule has 0 bridgehead atoms. The SMILES string of the molecule is COc1ccc(C2NC(=O)N(CCCOC(C)C)C(C)=C2c2nc(-c3cccc(F)c3)no2)cc1O. The van der Waals surface area contributed by atoms with Gasteiger partial charge in [0, 0.05) is 24.4 Å². The molecule has 2 N–H and O–H groups in total. The predicted molar refractivity (Wildman–Crippen MR) is 131 cm³/mol. The Kier molecular flexibility index (Phi) is 7.54. The number of urea groups is 1. The van der Waals surface area contributed by atoms with Gasteiger partial charge < -0.3 is 24.4 Å². The number of hydrogen-bond acceptors (Lipinski definition) is 7. The van der Waals surface area contributed by atoms with Gasteiger partial charge >= 0.3 is 6.03 Å². The van der Waals surface area contributed by atoms with Crippen molar-refractivity contribution >= 4 is 11.6 Å². The highest BCUT2D eigenvalue weighted by molar-refractivity contribution is 5.87. The summed E-state index contributed by atoms with van der Waals surface area (Å²) in [6.45, 7) is 6.64. The van der Waals surface area contributed by atoms with Gasteiger partial charge in [0.05, 0.1) is 24.8 Å².